The molecule has 1 heterocycles. The van der Waals surface area contributed by atoms with Crippen molar-refractivity contribution >= 4 is 17.3 Å². The Morgan fingerprint density at radius 2 is 2.15 bits per heavy atom. The monoisotopic (exact) mass is 278 g/mol. The number of hydrogen-bond acceptors (Lipinski definition) is 5. The zero-order chi connectivity index (χ0) is 14.5. The van der Waals surface area contributed by atoms with Gasteiger partial charge in [-0.1, -0.05) is 0 Å². The van der Waals surface area contributed by atoms with E-state index < -0.39 is 10.8 Å². The fraction of sp³-hybridized carbons (Fsp3) is 0.462. The quantitative estimate of drug-likeness (QED) is 0.552. The van der Waals surface area contributed by atoms with Crippen LogP contribution >= 0.6 is 0 Å². The number of nitro groups is 1. The number of piperidine rings is 1. The van der Waals surface area contributed by atoms with Crippen molar-refractivity contribution in [3.8, 4) is 0 Å². The molecule has 0 radical (unpaired) electrons. The summed E-state index contributed by atoms with van der Waals surface area (Å²) in [4.78, 5) is 21.7. The molecule has 20 heavy (non-hydrogen) atoms. The molecule has 0 aliphatic carbocycles. The van der Waals surface area contributed by atoms with E-state index in [1.165, 1.54) is 18.2 Å². The highest BCUT2D eigenvalue weighted by molar-refractivity contribution is 5.94. The van der Waals surface area contributed by atoms with Gasteiger partial charge in [0.2, 0.25) is 5.91 Å². The number of amides is 1. The molecule has 0 aromatic heterocycles. The van der Waals surface area contributed by atoms with Crippen LogP contribution in [0.5, 0.6) is 0 Å². The summed E-state index contributed by atoms with van der Waals surface area (Å²) in [7, 11) is 0. The van der Waals surface area contributed by atoms with E-state index >= 15 is 0 Å². The van der Waals surface area contributed by atoms with E-state index in [9.17, 15) is 14.9 Å². The molecule has 1 aromatic carbocycles. The summed E-state index contributed by atoms with van der Waals surface area (Å²) in [6, 6.07) is 4.13. The maximum absolute atomic E-state index is 11.2. The first-order valence-corrected chi connectivity index (χ1v) is 6.60. The minimum absolute atomic E-state index is 0.0380. The van der Waals surface area contributed by atoms with Crippen molar-refractivity contribution in [2.24, 2.45) is 11.7 Å². The third kappa shape index (κ3) is 3.45. The van der Waals surface area contributed by atoms with Crippen LogP contribution in [0.25, 0.3) is 0 Å². The molecule has 2 rings (SSSR count). The molecule has 1 aromatic rings. The van der Waals surface area contributed by atoms with E-state index in [2.05, 4.69) is 10.6 Å². The number of rotatable bonds is 5. The van der Waals surface area contributed by atoms with Crippen molar-refractivity contribution in [3.05, 3.63) is 33.9 Å². The molecular formula is C13H18N4O3. The van der Waals surface area contributed by atoms with E-state index in [4.69, 9.17) is 5.73 Å². The lowest BCUT2D eigenvalue weighted by Gasteiger charge is -2.23. The van der Waals surface area contributed by atoms with E-state index in [0.29, 0.717) is 18.2 Å². The van der Waals surface area contributed by atoms with Crippen molar-refractivity contribution in [3.63, 3.8) is 0 Å². The zero-order valence-corrected chi connectivity index (χ0v) is 11.1. The Bertz CT molecular complexity index is 512. The molecule has 0 unspecified atom stereocenters. The summed E-state index contributed by atoms with van der Waals surface area (Å²) in [5, 5.41) is 17.3. The number of primary amides is 1. The van der Waals surface area contributed by atoms with Gasteiger partial charge in [0.1, 0.15) is 5.69 Å². The maximum atomic E-state index is 11.2. The summed E-state index contributed by atoms with van der Waals surface area (Å²) in [5.74, 6) is -0.113. The number of nitro benzene ring substituents is 1. The largest absolute Gasteiger partial charge is 0.379 e. The van der Waals surface area contributed by atoms with Crippen LogP contribution in [0.2, 0.25) is 0 Å². The van der Waals surface area contributed by atoms with Gasteiger partial charge >= 0.3 is 0 Å². The van der Waals surface area contributed by atoms with Gasteiger partial charge in [-0.15, -0.1) is 0 Å². The first-order valence-electron chi connectivity index (χ1n) is 6.60. The van der Waals surface area contributed by atoms with Gasteiger partial charge in [0.25, 0.3) is 5.69 Å². The van der Waals surface area contributed by atoms with Gasteiger partial charge in [0.15, 0.2) is 0 Å². The number of carbonyl (C=O) groups is 1. The van der Waals surface area contributed by atoms with Crippen LogP contribution < -0.4 is 16.4 Å². The Labute approximate surface area is 116 Å². The van der Waals surface area contributed by atoms with Gasteiger partial charge in [0, 0.05) is 18.2 Å². The second-order valence-corrected chi connectivity index (χ2v) is 4.93. The average molecular weight is 278 g/mol. The SMILES string of the molecule is NC(=O)c1ccc([N+](=O)[O-])c(NCC2CCNCC2)c1. The summed E-state index contributed by atoms with van der Waals surface area (Å²) < 4.78 is 0. The van der Waals surface area contributed by atoms with Crippen LogP contribution in [0.3, 0.4) is 0 Å². The van der Waals surface area contributed by atoms with Crippen molar-refractivity contribution in [2.75, 3.05) is 25.0 Å². The molecule has 1 aliphatic heterocycles. The third-order valence-electron chi connectivity index (χ3n) is 3.52. The normalized spacial score (nSPS) is 15.8. The smallest absolute Gasteiger partial charge is 0.292 e. The molecule has 0 spiro atoms. The molecule has 1 fully saturated rings. The zero-order valence-electron chi connectivity index (χ0n) is 11.1. The maximum Gasteiger partial charge on any atom is 0.292 e. The highest BCUT2D eigenvalue weighted by atomic mass is 16.6. The number of nitrogens with zero attached hydrogens (tertiary/aromatic N) is 1. The highest BCUT2D eigenvalue weighted by Gasteiger charge is 2.18. The lowest BCUT2D eigenvalue weighted by molar-refractivity contribution is -0.384. The lowest BCUT2D eigenvalue weighted by atomic mass is 9.98. The van der Waals surface area contributed by atoms with Gasteiger partial charge in [0.05, 0.1) is 4.92 Å². The van der Waals surface area contributed by atoms with E-state index in [-0.39, 0.29) is 11.3 Å². The summed E-state index contributed by atoms with van der Waals surface area (Å²) >= 11 is 0. The van der Waals surface area contributed by atoms with E-state index in [1.54, 1.807) is 0 Å². The van der Waals surface area contributed by atoms with Crippen molar-refractivity contribution in [1.82, 2.24) is 5.32 Å². The number of nitrogens with two attached hydrogens (primary N) is 1. The number of anilines is 1. The minimum Gasteiger partial charge on any atom is -0.379 e. The highest BCUT2D eigenvalue weighted by Crippen LogP contribution is 2.26. The fourth-order valence-corrected chi connectivity index (χ4v) is 2.33. The second-order valence-electron chi connectivity index (χ2n) is 4.93. The number of nitrogens with one attached hydrogen (secondary N) is 2. The van der Waals surface area contributed by atoms with Crippen LogP contribution in [0.1, 0.15) is 23.2 Å². The fourth-order valence-electron chi connectivity index (χ4n) is 2.33. The number of carbonyl (C=O) groups excluding carboxylic acids is 1. The molecular weight excluding hydrogens is 260 g/mol. The summed E-state index contributed by atoms with van der Waals surface area (Å²) in [6.45, 7) is 2.59. The standard InChI is InChI=1S/C13H18N4O3/c14-13(18)10-1-2-12(17(19)20)11(7-10)16-8-9-3-5-15-6-4-9/h1-2,7,9,15-16H,3-6,8H2,(H2,14,18). The molecule has 1 aliphatic rings. The Balaban J connectivity index is 2.12. The van der Waals surface area contributed by atoms with Crippen LogP contribution in [-0.2, 0) is 0 Å². The lowest BCUT2D eigenvalue weighted by Crippen LogP contribution is -2.31. The molecule has 0 bridgehead atoms. The molecule has 0 saturated carbocycles. The van der Waals surface area contributed by atoms with Gasteiger partial charge in [-0.25, -0.2) is 0 Å². The molecule has 1 amide bonds. The Kier molecular flexibility index (Phi) is 4.52. The van der Waals surface area contributed by atoms with Gasteiger partial charge in [-0.3, -0.25) is 14.9 Å². The first kappa shape index (κ1) is 14.3. The molecule has 4 N–H and O–H groups in total. The Morgan fingerprint density at radius 1 is 1.45 bits per heavy atom. The van der Waals surface area contributed by atoms with Crippen LogP contribution in [0.4, 0.5) is 11.4 Å². The van der Waals surface area contributed by atoms with Gasteiger partial charge in [-0.2, -0.15) is 0 Å². The van der Waals surface area contributed by atoms with Crippen LogP contribution in [0.15, 0.2) is 18.2 Å². The van der Waals surface area contributed by atoms with E-state index in [0.717, 1.165) is 25.9 Å². The topological polar surface area (TPSA) is 110 Å². The minimum atomic E-state index is -0.593. The number of hydrogen-bond donors (Lipinski definition) is 3. The summed E-state index contributed by atoms with van der Waals surface area (Å²) in [5.41, 5.74) is 5.78. The average Bonchev–Trinajstić information content (AvgIpc) is 2.45. The van der Waals surface area contributed by atoms with Crippen molar-refractivity contribution in [1.29, 1.82) is 0 Å². The Hall–Kier alpha value is -2.15. The molecule has 108 valence electrons. The second kappa shape index (κ2) is 6.33. The molecule has 7 nitrogen and oxygen atoms in total. The van der Waals surface area contributed by atoms with E-state index in [1.807, 2.05) is 0 Å². The van der Waals surface area contributed by atoms with Crippen LogP contribution in [-0.4, -0.2) is 30.5 Å². The molecule has 0 atom stereocenters. The summed E-state index contributed by atoms with van der Waals surface area (Å²) in [6.07, 6.45) is 2.08. The third-order valence-corrected chi connectivity index (χ3v) is 3.52. The van der Waals surface area contributed by atoms with Crippen molar-refractivity contribution < 1.29 is 9.72 Å². The Morgan fingerprint density at radius 3 is 2.75 bits per heavy atom. The van der Waals surface area contributed by atoms with Gasteiger partial charge < -0.3 is 16.4 Å². The molecule has 7 heteroatoms. The predicted octanol–water partition coefficient (Wildman–Crippen LogP) is 1.11. The van der Waals surface area contributed by atoms with Crippen molar-refractivity contribution in [2.45, 2.75) is 12.8 Å². The molecule has 1 saturated heterocycles. The van der Waals surface area contributed by atoms with Gasteiger partial charge in [-0.05, 0) is 44.0 Å². The first-order chi connectivity index (χ1) is 9.58. The number of benzene rings is 1. The van der Waals surface area contributed by atoms with Crippen LogP contribution in [0, 0.1) is 16.0 Å². The predicted molar refractivity (Wildman–Crippen MR) is 75.7 cm³/mol.